The zero-order chi connectivity index (χ0) is 24.2. The second-order valence-corrected chi connectivity index (χ2v) is 7.38. The molecular formula is C23H14F3N5O3. The number of halogens is 3. The van der Waals surface area contributed by atoms with Gasteiger partial charge in [-0.1, -0.05) is 24.3 Å². The number of alkyl halides is 3. The number of para-hydroxylation sites is 1. The molecule has 0 atom stereocenters. The monoisotopic (exact) mass is 465 g/mol. The number of hydrogen-bond donors (Lipinski definition) is 1. The van der Waals surface area contributed by atoms with E-state index in [1.165, 1.54) is 38.3 Å². The minimum atomic E-state index is -4.85. The van der Waals surface area contributed by atoms with Crippen molar-refractivity contribution in [1.29, 1.82) is 5.26 Å². The highest BCUT2D eigenvalue weighted by atomic mass is 19.4. The minimum Gasteiger partial charge on any atom is -0.494 e. The maximum atomic E-state index is 14.0. The van der Waals surface area contributed by atoms with Gasteiger partial charge >= 0.3 is 6.18 Å². The molecular weight excluding hydrogens is 451 g/mol. The fraction of sp³-hybridized carbons (Fsp3) is 0.130. The smallest absolute Gasteiger partial charge is 0.433 e. The van der Waals surface area contributed by atoms with Crippen molar-refractivity contribution < 1.29 is 22.3 Å². The number of hydrogen-bond acceptors (Lipinski definition) is 6. The van der Waals surface area contributed by atoms with E-state index >= 15 is 0 Å². The highest BCUT2D eigenvalue weighted by Gasteiger charge is 2.39. The highest BCUT2D eigenvalue weighted by Crippen LogP contribution is 2.40. The Morgan fingerprint density at radius 2 is 1.88 bits per heavy atom. The summed E-state index contributed by atoms with van der Waals surface area (Å²) in [6.45, 7) is 1.48. The van der Waals surface area contributed by atoms with E-state index in [0.717, 1.165) is 0 Å². The third-order valence-corrected chi connectivity index (χ3v) is 5.38. The number of aromatic amines is 1. The van der Waals surface area contributed by atoms with Gasteiger partial charge in [0.25, 0.3) is 5.56 Å². The molecule has 3 heterocycles. The number of nitrogens with one attached hydrogen (secondary N) is 1. The minimum absolute atomic E-state index is 0.00160. The Morgan fingerprint density at radius 3 is 2.59 bits per heavy atom. The summed E-state index contributed by atoms with van der Waals surface area (Å²) in [5.74, 6) is 0.306. The van der Waals surface area contributed by atoms with Crippen LogP contribution in [0.25, 0.3) is 39.3 Å². The van der Waals surface area contributed by atoms with Gasteiger partial charge < -0.3 is 9.15 Å². The molecule has 0 aliphatic heterocycles. The molecule has 0 fully saturated rings. The molecule has 0 amide bonds. The number of nitrogens with zero attached hydrogens (tertiary/aromatic N) is 4. The maximum Gasteiger partial charge on any atom is 0.433 e. The van der Waals surface area contributed by atoms with Crippen LogP contribution in [-0.2, 0) is 6.18 Å². The van der Waals surface area contributed by atoms with Gasteiger partial charge in [0.05, 0.1) is 30.0 Å². The number of nitriles is 1. The topological polar surface area (TPSA) is 109 Å². The van der Waals surface area contributed by atoms with Crippen molar-refractivity contribution in [3.63, 3.8) is 0 Å². The Kier molecular flexibility index (Phi) is 4.68. The van der Waals surface area contributed by atoms with Gasteiger partial charge in [0.15, 0.2) is 16.7 Å². The van der Waals surface area contributed by atoms with Crippen LogP contribution >= 0.6 is 0 Å². The van der Waals surface area contributed by atoms with Crippen molar-refractivity contribution in [2.75, 3.05) is 7.11 Å². The molecule has 5 aromatic rings. The molecule has 0 aliphatic carbocycles. The zero-order valence-electron chi connectivity index (χ0n) is 17.7. The summed E-state index contributed by atoms with van der Waals surface area (Å²) in [4.78, 5) is 22.0. The fourth-order valence-electron chi connectivity index (χ4n) is 3.88. The third kappa shape index (κ3) is 3.11. The first-order valence-corrected chi connectivity index (χ1v) is 9.90. The van der Waals surface area contributed by atoms with E-state index in [2.05, 4.69) is 15.1 Å². The molecule has 170 valence electrons. The number of ether oxygens (including phenoxy) is 1. The lowest BCUT2D eigenvalue weighted by Gasteiger charge is -2.08. The Bertz CT molecular complexity index is 1690. The number of benzene rings is 2. The van der Waals surface area contributed by atoms with Gasteiger partial charge in [0.2, 0.25) is 5.89 Å². The zero-order valence-corrected chi connectivity index (χ0v) is 17.7. The molecule has 5 rings (SSSR count). The van der Waals surface area contributed by atoms with Gasteiger partial charge in [-0.3, -0.25) is 9.89 Å². The number of rotatable bonds is 3. The quantitative estimate of drug-likeness (QED) is 0.414. The largest absolute Gasteiger partial charge is 0.494 e. The Balaban J connectivity index is 1.85. The van der Waals surface area contributed by atoms with E-state index in [0.29, 0.717) is 21.4 Å². The number of aromatic nitrogens is 4. The van der Waals surface area contributed by atoms with Gasteiger partial charge in [-0.15, -0.1) is 0 Å². The van der Waals surface area contributed by atoms with E-state index in [1.54, 1.807) is 18.2 Å². The number of H-pyrrole nitrogens is 1. The Hall–Kier alpha value is -4.59. The number of fused-ring (bicyclic) bond motifs is 2. The number of methoxy groups -OCH3 is 1. The van der Waals surface area contributed by atoms with Crippen LogP contribution in [0.15, 0.2) is 51.7 Å². The second-order valence-electron chi connectivity index (χ2n) is 7.38. The van der Waals surface area contributed by atoms with Crippen molar-refractivity contribution in [2.45, 2.75) is 13.1 Å². The molecule has 2 aromatic carbocycles. The lowest BCUT2D eigenvalue weighted by molar-refractivity contribution is -0.140. The first kappa shape index (κ1) is 21.3. The van der Waals surface area contributed by atoms with Crippen molar-refractivity contribution >= 4 is 16.7 Å². The highest BCUT2D eigenvalue weighted by molar-refractivity contribution is 5.85. The molecule has 0 radical (unpaired) electrons. The van der Waals surface area contributed by atoms with Gasteiger partial charge in [-0.2, -0.15) is 22.9 Å². The van der Waals surface area contributed by atoms with Crippen LogP contribution in [0.5, 0.6) is 5.75 Å². The van der Waals surface area contributed by atoms with E-state index < -0.39 is 23.0 Å². The van der Waals surface area contributed by atoms with Crippen LogP contribution in [0.3, 0.4) is 0 Å². The van der Waals surface area contributed by atoms with E-state index in [9.17, 15) is 23.2 Å². The fourth-order valence-corrected chi connectivity index (χ4v) is 3.88. The van der Waals surface area contributed by atoms with Crippen LogP contribution in [0, 0.1) is 18.3 Å². The molecule has 34 heavy (non-hydrogen) atoms. The van der Waals surface area contributed by atoms with E-state index in [-0.39, 0.29) is 33.9 Å². The Labute approximate surface area is 188 Å². The van der Waals surface area contributed by atoms with Crippen molar-refractivity contribution in [3.05, 3.63) is 69.8 Å². The molecule has 3 aromatic heterocycles. The molecule has 0 unspecified atom stereocenters. The first-order chi connectivity index (χ1) is 16.2. The van der Waals surface area contributed by atoms with E-state index in [4.69, 9.17) is 9.15 Å². The average molecular weight is 465 g/mol. The van der Waals surface area contributed by atoms with Gasteiger partial charge in [-0.25, -0.2) is 9.97 Å². The summed E-state index contributed by atoms with van der Waals surface area (Å²) < 4.78 is 53.6. The maximum absolute atomic E-state index is 14.0. The third-order valence-electron chi connectivity index (χ3n) is 5.38. The predicted octanol–water partition coefficient (Wildman–Crippen LogP) is 4.71. The van der Waals surface area contributed by atoms with Crippen molar-refractivity contribution in [1.82, 2.24) is 19.6 Å². The standard InChI is InChI=1S/C23H14F3N5O3/c1-11-16(21-29-18-14(33-2)8-5-9-15(18)34-21)22(32)31-20(28-11)17(19(30-31)23(24,25)26)13-7-4-3-6-12(13)10-27/h3-9,30H,1-2H3. The molecule has 0 saturated carbocycles. The average Bonchev–Trinajstić information content (AvgIpc) is 3.40. The molecule has 11 heteroatoms. The lowest BCUT2D eigenvalue weighted by Crippen LogP contribution is -2.20. The summed E-state index contributed by atoms with van der Waals surface area (Å²) in [5.41, 5.74) is -1.98. The molecule has 0 bridgehead atoms. The summed E-state index contributed by atoms with van der Waals surface area (Å²) in [6, 6.07) is 12.7. The predicted molar refractivity (Wildman–Crippen MR) is 115 cm³/mol. The summed E-state index contributed by atoms with van der Waals surface area (Å²) in [7, 11) is 1.45. The molecule has 0 saturated heterocycles. The van der Waals surface area contributed by atoms with Gasteiger partial charge in [-0.05, 0) is 25.1 Å². The van der Waals surface area contributed by atoms with Crippen molar-refractivity contribution in [2.24, 2.45) is 0 Å². The van der Waals surface area contributed by atoms with Crippen LogP contribution < -0.4 is 10.3 Å². The van der Waals surface area contributed by atoms with Gasteiger partial charge in [0, 0.05) is 5.56 Å². The number of aryl methyl sites for hydroxylation is 1. The normalized spacial score (nSPS) is 11.8. The van der Waals surface area contributed by atoms with E-state index in [1.807, 2.05) is 6.07 Å². The first-order valence-electron chi connectivity index (χ1n) is 9.90. The van der Waals surface area contributed by atoms with Gasteiger partial charge in [0.1, 0.15) is 17.0 Å². The summed E-state index contributed by atoms with van der Waals surface area (Å²) >= 11 is 0. The molecule has 8 nitrogen and oxygen atoms in total. The number of oxazole rings is 1. The van der Waals surface area contributed by atoms with Crippen LogP contribution in [-0.4, -0.2) is 26.7 Å². The second kappa shape index (κ2) is 7.48. The summed E-state index contributed by atoms with van der Waals surface area (Å²) in [5, 5.41) is 11.6. The lowest BCUT2D eigenvalue weighted by atomic mass is 10.00. The summed E-state index contributed by atoms with van der Waals surface area (Å²) in [6.07, 6.45) is -4.85. The Morgan fingerprint density at radius 1 is 1.12 bits per heavy atom. The SMILES string of the molecule is COc1cccc2oc(-c3c(C)nc4c(-c5ccccc5C#N)c(C(F)(F)F)[nH]n4c3=O)nc12. The van der Waals surface area contributed by atoms with Crippen LogP contribution in [0.4, 0.5) is 13.2 Å². The van der Waals surface area contributed by atoms with Crippen LogP contribution in [0.1, 0.15) is 17.0 Å². The van der Waals surface area contributed by atoms with Crippen LogP contribution in [0.2, 0.25) is 0 Å². The molecule has 1 N–H and O–H groups in total. The molecule has 0 spiro atoms. The van der Waals surface area contributed by atoms with Crippen molar-refractivity contribution in [3.8, 4) is 34.4 Å². The molecule has 0 aliphatic rings.